The molecule has 1 rings (SSSR count). The summed E-state index contributed by atoms with van der Waals surface area (Å²) in [5, 5.41) is 0. The summed E-state index contributed by atoms with van der Waals surface area (Å²) in [4.78, 5) is 0. The molecule has 96 valence electrons. The van der Waals surface area contributed by atoms with Crippen LogP contribution in [0.3, 0.4) is 0 Å². The lowest BCUT2D eigenvalue weighted by molar-refractivity contribution is 0.0404. The van der Waals surface area contributed by atoms with Crippen molar-refractivity contribution in [1.82, 2.24) is 0 Å². The van der Waals surface area contributed by atoms with Gasteiger partial charge in [-0.25, -0.2) is 4.39 Å². The minimum absolute atomic E-state index is 0.179. The monoisotopic (exact) mass is 241 g/mol. The van der Waals surface area contributed by atoms with Gasteiger partial charge in [0.1, 0.15) is 0 Å². The molecule has 3 nitrogen and oxygen atoms in total. The molecule has 0 aromatic heterocycles. The van der Waals surface area contributed by atoms with E-state index in [2.05, 4.69) is 0 Å². The Labute approximate surface area is 102 Å². The number of methoxy groups -OCH3 is 1. The molecule has 4 heteroatoms. The Morgan fingerprint density at radius 2 is 2.06 bits per heavy atom. The van der Waals surface area contributed by atoms with Crippen molar-refractivity contribution in [3.63, 3.8) is 0 Å². The second kappa shape index (κ2) is 6.57. The maximum atomic E-state index is 14.0. The topological polar surface area (TPSA) is 44.5 Å². The van der Waals surface area contributed by atoms with E-state index in [1.54, 1.807) is 18.2 Å². The summed E-state index contributed by atoms with van der Waals surface area (Å²) in [5.41, 5.74) is 6.47. The van der Waals surface area contributed by atoms with Gasteiger partial charge in [-0.05, 0) is 19.4 Å². The Bertz CT molecular complexity index is 357. The number of benzene rings is 1. The quantitative estimate of drug-likeness (QED) is 0.832. The maximum Gasteiger partial charge on any atom is 0.169 e. The zero-order valence-corrected chi connectivity index (χ0v) is 10.6. The van der Waals surface area contributed by atoms with Crippen molar-refractivity contribution in [2.24, 2.45) is 5.73 Å². The molecule has 1 aromatic carbocycles. The average molecular weight is 241 g/mol. The molecular weight excluding hydrogens is 221 g/mol. The normalized spacial score (nSPS) is 14.4. The van der Waals surface area contributed by atoms with Crippen LogP contribution in [0.5, 0.6) is 5.75 Å². The third kappa shape index (κ3) is 3.17. The fourth-order valence-corrected chi connectivity index (χ4v) is 1.83. The average Bonchev–Trinajstić information content (AvgIpc) is 2.35. The van der Waals surface area contributed by atoms with Crippen LogP contribution in [0, 0.1) is 5.82 Å². The summed E-state index contributed by atoms with van der Waals surface area (Å²) in [6, 6.07) is 4.50. The largest absolute Gasteiger partial charge is 0.494 e. The van der Waals surface area contributed by atoms with Gasteiger partial charge in [0.15, 0.2) is 11.6 Å². The van der Waals surface area contributed by atoms with E-state index < -0.39 is 11.9 Å². The number of rotatable bonds is 6. The molecule has 2 atom stereocenters. The summed E-state index contributed by atoms with van der Waals surface area (Å²) in [6.07, 6.45) is 0.563. The van der Waals surface area contributed by atoms with Crippen molar-refractivity contribution < 1.29 is 13.9 Å². The fourth-order valence-electron chi connectivity index (χ4n) is 1.83. The summed E-state index contributed by atoms with van der Waals surface area (Å²) < 4.78 is 24.4. The van der Waals surface area contributed by atoms with Gasteiger partial charge < -0.3 is 15.2 Å². The van der Waals surface area contributed by atoms with Crippen molar-refractivity contribution in [2.75, 3.05) is 13.7 Å². The van der Waals surface area contributed by atoms with Crippen LogP contribution in [0.25, 0.3) is 0 Å². The van der Waals surface area contributed by atoms with Gasteiger partial charge >= 0.3 is 0 Å². The molecule has 2 N–H and O–H groups in total. The highest BCUT2D eigenvalue weighted by atomic mass is 19.1. The van der Waals surface area contributed by atoms with Crippen LogP contribution in [0.4, 0.5) is 4.39 Å². The minimum atomic E-state index is -0.477. The number of hydrogen-bond acceptors (Lipinski definition) is 3. The second-order valence-corrected chi connectivity index (χ2v) is 3.79. The van der Waals surface area contributed by atoms with E-state index in [1.807, 2.05) is 13.8 Å². The zero-order chi connectivity index (χ0) is 12.8. The Hall–Kier alpha value is -1.13. The first kappa shape index (κ1) is 13.9. The summed E-state index contributed by atoms with van der Waals surface area (Å²) in [6.45, 7) is 4.44. The fraction of sp³-hybridized carbons (Fsp3) is 0.538. The number of hydrogen-bond donors (Lipinski definition) is 1. The Kier molecular flexibility index (Phi) is 5.38. The molecule has 2 unspecified atom stereocenters. The van der Waals surface area contributed by atoms with Crippen LogP contribution < -0.4 is 10.5 Å². The van der Waals surface area contributed by atoms with Crippen LogP contribution in [0.2, 0.25) is 0 Å². The third-order valence-electron chi connectivity index (χ3n) is 2.76. The van der Waals surface area contributed by atoms with Crippen LogP contribution in [-0.2, 0) is 4.74 Å². The third-order valence-corrected chi connectivity index (χ3v) is 2.76. The van der Waals surface area contributed by atoms with Crippen LogP contribution >= 0.6 is 0 Å². The lowest BCUT2D eigenvalue weighted by Crippen LogP contribution is -2.29. The predicted octanol–water partition coefficient (Wildman–Crippen LogP) is 2.65. The molecule has 0 fully saturated rings. The molecule has 0 saturated heterocycles. The first-order valence-electron chi connectivity index (χ1n) is 5.85. The Morgan fingerprint density at radius 1 is 1.35 bits per heavy atom. The molecule has 0 radical (unpaired) electrons. The Morgan fingerprint density at radius 3 is 2.59 bits per heavy atom. The SMILES string of the molecule is CCOC(CC)C(N)c1cccc(OC)c1F. The van der Waals surface area contributed by atoms with Crippen molar-refractivity contribution >= 4 is 0 Å². The molecule has 0 bridgehead atoms. The van der Waals surface area contributed by atoms with E-state index in [0.717, 1.165) is 6.42 Å². The standard InChI is InChI=1S/C13H20FNO2/c1-4-10(17-5-2)13(15)9-7-6-8-11(16-3)12(9)14/h6-8,10,13H,4-5,15H2,1-3H3. The lowest BCUT2D eigenvalue weighted by Gasteiger charge is -2.23. The van der Waals surface area contributed by atoms with Gasteiger partial charge in [-0.1, -0.05) is 19.1 Å². The maximum absolute atomic E-state index is 14.0. The summed E-state index contributed by atoms with van der Waals surface area (Å²) >= 11 is 0. The smallest absolute Gasteiger partial charge is 0.169 e. The van der Waals surface area contributed by atoms with Gasteiger partial charge in [-0.15, -0.1) is 0 Å². The van der Waals surface area contributed by atoms with Gasteiger partial charge in [0.05, 0.1) is 19.3 Å². The summed E-state index contributed by atoms with van der Waals surface area (Å²) in [7, 11) is 1.44. The van der Waals surface area contributed by atoms with Crippen LogP contribution in [0.1, 0.15) is 31.9 Å². The molecule has 0 aliphatic carbocycles. The van der Waals surface area contributed by atoms with E-state index in [-0.39, 0.29) is 11.9 Å². The second-order valence-electron chi connectivity index (χ2n) is 3.79. The van der Waals surface area contributed by atoms with E-state index in [1.165, 1.54) is 7.11 Å². The zero-order valence-electron chi connectivity index (χ0n) is 10.6. The first-order chi connectivity index (χ1) is 8.15. The molecule has 17 heavy (non-hydrogen) atoms. The van der Waals surface area contributed by atoms with Crippen molar-refractivity contribution in [1.29, 1.82) is 0 Å². The highest BCUT2D eigenvalue weighted by Crippen LogP contribution is 2.27. The molecular formula is C13H20FNO2. The van der Waals surface area contributed by atoms with Gasteiger partial charge in [0.2, 0.25) is 0 Å². The number of halogens is 1. The molecule has 0 amide bonds. The predicted molar refractivity (Wildman–Crippen MR) is 65.6 cm³/mol. The van der Waals surface area contributed by atoms with Gasteiger partial charge in [0, 0.05) is 12.2 Å². The molecule has 0 heterocycles. The molecule has 0 aliphatic rings. The van der Waals surface area contributed by atoms with Crippen molar-refractivity contribution in [2.45, 2.75) is 32.4 Å². The van der Waals surface area contributed by atoms with Gasteiger partial charge in [-0.2, -0.15) is 0 Å². The van der Waals surface area contributed by atoms with Gasteiger partial charge in [0.25, 0.3) is 0 Å². The minimum Gasteiger partial charge on any atom is -0.494 e. The number of ether oxygens (including phenoxy) is 2. The molecule has 0 spiro atoms. The molecule has 1 aromatic rings. The highest BCUT2D eigenvalue weighted by molar-refractivity contribution is 5.33. The van der Waals surface area contributed by atoms with E-state index in [4.69, 9.17) is 15.2 Å². The van der Waals surface area contributed by atoms with E-state index in [9.17, 15) is 4.39 Å². The van der Waals surface area contributed by atoms with Gasteiger partial charge in [-0.3, -0.25) is 0 Å². The lowest BCUT2D eigenvalue weighted by atomic mass is 9.99. The molecule has 0 saturated carbocycles. The first-order valence-corrected chi connectivity index (χ1v) is 5.85. The summed E-state index contributed by atoms with van der Waals surface area (Å²) in [5.74, 6) is -0.190. The van der Waals surface area contributed by atoms with E-state index >= 15 is 0 Å². The van der Waals surface area contributed by atoms with Crippen molar-refractivity contribution in [3.8, 4) is 5.75 Å². The highest BCUT2D eigenvalue weighted by Gasteiger charge is 2.22. The van der Waals surface area contributed by atoms with Crippen LogP contribution in [-0.4, -0.2) is 19.8 Å². The van der Waals surface area contributed by atoms with E-state index in [0.29, 0.717) is 12.2 Å². The van der Waals surface area contributed by atoms with Crippen molar-refractivity contribution in [3.05, 3.63) is 29.6 Å². The Balaban J connectivity index is 2.98. The number of nitrogens with two attached hydrogens (primary N) is 1. The molecule has 0 aliphatic heterocycles. The van der Waals surface area contributed by atoms with Crippen LogP contribution in [0.15, 0.2) is 18.2 Å².